The van der Waals surface area contributed by atoms with Crippen molar-refractivity contribution in [2.75, 3.05) is 19.7 Å². The minimum atomic E-state index is 0.517. The molecular formula is C14H21N5OS. The number of H-pyrrole nitrogens is 1. The Bertz CT molecular complexity index is 581. The summed E-state index contributed by atoms with van der Waals surface area (Å²) in [6.45, 7) is 7.65. The van der Waals surface area contributed by atoms with Gasteiger partial charge in [-0.2, -0.15) is 5.10 Å². The van der Waals surface area contributed by atoms with Gasteiger partial charge in [-0.25, -0.2) is 0 Å². The maximum atomic E-state index is 5.38. The number of nitrogens with one attached hydrogen (secondary N) is 1. The zero-order chi connectivity index (χ0) is 14.7. The monoisotopic (exact) mass is 307 g/mol. The Hall–Kier alpha value is -1.47. The molecule has 21 heavy (non-hydrogen) atoms. The first-order valence-corrected chi connectivity index (χ1v) is 8.25. The van der Waals surface area contributed by atoms with Gasteiger partial charge in [-0.3, -0.25) is 10.00 Å². The molecule has 6 nitrogen and oxygen atoms in total. The number of ether oxygens (including phenoxy) is 1. The molecule has 0 bridgehead atoms. The molecule has 2 aromatic rings. The normalized spacial score (nSPS) is 19.8. The lowest BCUT2D eigenvalue weighted by Gasteiger charge is -2.31. The molecule has 0 spiro atoms. The summed E-state index contributed by atoms with van der Waals surface area (Å²) in [6.07, 6.45) is 2.41. The molecule has 2 aromatic heterocycles. The third kappa shape index (κ3) is 3.59. The Labute approximate surface area is 128 Å². The Balaban J connectivity index is 1.60. The van der Waals surface area contributed by atoms with Gasteiger partial charge in [0.2, 0.25) is 0 Å². The zero-order valence-corrected chi connectivity index (χ0v) is 13.3. The van der Waals surface area contributed by atoms with Crippen LogP contribution in [-0.4, -0.2) is 45.0 Å². The molecule has 0 saturated carbocycles. The van der Waals surface area contributed by atoms with E-state index in [1.807, 2.05) is 13.8 Å². The molecule has 114 valence electrons. The zero-order valence-electron chi connectivity index (χ0n) is 12.5. The Kier molecular flexibility index (Phi) is 4.50. The maximum Gasteiger partial charge on any atom is 0.294 e. The van der Waals surface area contributed by atoms with Crippen LogP contribution in [-0.2, 0) is 6.54 Å². The third-order valence-corrected chi connectivity index (χ3v) is 4.55. The number of hydrogen-bond donors (Lipinski definition) is 1. The number of rotatable bonds is 5. The molecule has 7 heteroatoms. The first-order valence-electron chi connectivity index (χ1n) is 7.44. The van der Waals surface area contributed by atoms with E-state index in [2.05, 4.69) is 31.4 Å². The van der Waals surface area contributed by atoms with Gasteiger partial charge in [0, 0.05) is 18.2 Å². The molecule has 1 N–H and O–H groups in total. The minimum absolute atomic E-state index is 0.517. The Morgan fingerprint density at radius 2 is 2.38 bits per heavy atom. The van der Waals surface area contributed by atoms with E-state index in [0.29, 0.717) is 17.7 Å². The van der Waals surface area contributed by atoms with E-state index in [1.165, 1.54) is 18.5 Å². The van der Waals surface area contributed by atoms with Crippen LogP contribution in [0, 0.1) is 6.92 Å². The van der Waals surface area contributed by atoms with Crippen LogP contribution < -0.4 is 4.74 Å². The molecule has 1 aliphatic rings. The highest BCUT2D eigenvalue weighted by Crippen LogP contribution is 2.28. The van der Waals surface area contributed by atoms with Crippen molar-refractivity contribution < 1.29 is 4.74 Å². The van der Waals surface area contributed by atoms with Gasteiger partial charge < -0.3 is 4.74 Å². The highest BCUT2D eigenvalue weighted by Gasteiger charge is 2.24. The summed E-state index contributed by atoms with van der Waals surface area (Å²) >= 11 is 1.54. The van der Waals surface area contributed by atoms with Crippen molar-refractivity contribution in [3.05, 3.63) is 22.5 Å². The van der Waals surface area contributed by atoms with Crippen LogP contribution >= 0.6 is 11.3 Å². The molecule has 3 heterocycles. The lowest BCUT2D eigenvalue weighted by molar-refractivity contribution is 0.198. The van der Waals surface area contributed by atoms with Crippen LogP contribution in [0.3, 0.4) is 0 Å². The fourth-order valence-electron chi connectivity index (χ4n) is 2.76. The summed E-state index contributed by atoms with van der Waals surface area (Å²) in [5.74, 6) is 0.517. The van der Waals surface area contributed by atoms with Crippen LogP contribution in [0.5, 0.6) is 5.19 Å². The van der Waals surface area contributed by atoms with Crippen molar-refractivity contribution in [1.82, 2.24) is 25.3 Å². The van der Waals surface area contributed by atoms with Gasteiger partial charge in [0.15, 0.2) is 0 Å². The van der Waals surface area contributed by atoms with E-state index >= 15 is 0 Å². The minimum Gasteiger partial charge on any atom is -0.469 e. The largest absolute Gasteiger partial charge is 0.469 e. The number of piperidine rings is 1. The number of hydrogen-bond acceptors (Lipinski definition) is 6. The fourth-order valence-corrected chi connectivity index (χ4v) is 3.55. The van der Waals surface area contributed by atoms with E-state index in [-0.39, 0.29) is 0 Å². The van der Waals surface area contributed by atoms with Gasteiger partial charge in [-0.05, 0) is 39.3 Å². The van der Waals surface area contributed by atoms with Gasteiger partial charge in [0.05, 0.1) is 18.8 Å². The SMILES string of the molecule is CCOc1nnc(CN2CCCC(c3cc(C)[nH]n3)C2)s1. The predicted molar refractivity (Wildman–Crippen MR) is 81.7 cm³/mol. The van der Waals surface area contributed by atoms with Gasteiger partial charge >= 0.3 is 0 Å². The topological polar surface area (TPSA) is 66.9 Å². The van der Waals surface area contributed by atoms with Gasteiger partial charge in [-0.1, -0.05) is 11.3 Å². The number of nitrogens with zero attached hydrogens (tertiary/aromatic N) is 4. The first kappa shape index (κ1) is 14.5. The highest BCUT2D eigenvalue weighted by molar-refractivity contribution is 7.13. The van der Waals surface area contributed by atoms with Gasteiger partial charge in [0.25, 0.3) is 5.19 Å². The molecule has 1 atom stereocenters. The molecule has 1 fully saturated rings. The summed E-state index contributed by atoms with van der Waals surface area (Å²) in [7, 11) is 0. The second kappa shape index (κ2) is 6.53. The average Bonchev–Trinajstić information content (AvgIpc) is 3.09. The number of aryl methyl sites for hydroxylation is 1. The summed E-state index contributed by atoms with van der Waals surface area (Å²) in [5, 5.41) is 17.4. The molecule has 3 rings (SSSR count). The van der Waals surface area contributed by atoms with E-state index in [1.54, 1.807) is 11.3 Å². The smallest absolute Gasteiger partial charge is 0.294 e. The second-order valence-corrected chi connectivity index (χ2v) is 6.47. The van der Waals surface area contributed by atoms with E-state index in [4.69, 9.17) is 4.74 Å². The van der Waals surface area contributed by atoms with Crippen LogP contribution in [0.15, 0.2) is 6.07 Å². The quantitative estimate of drug-likeness (QED) is 0.918. The van der Waals surface area contributed by atoms with Crippen molar-refractivity contribution in [3.63, 3.8) is 0 Å². The summed E-state index contributed by atoms with van der Waals surface area (Å²) in [4.78, 5) is 2.44. The summed E-state index contributed by atoms with van der Waals surface area (Å²) in [6, 6.07) is 2.16. The number of aromatic amines is 1. The summed E-state index contributed by atoms with van der Waals surface area (Å²) in [5.41, 5.74) is 2.32. The summed E-state index contributed by atoms with van der Waals surface area (Å²) < 4.78 is 5.38. The van der Waals surface area contributed by atoms with Crippen LogP contribution in [0.2, 0.25) is 0 Å². The Morgan fingerprint density at radius 1 is 1.48 bits per heavy atom. The average molecular weight is 307 g/mol. The lowest BCUT2D eigenvalue weighted by Crippen LogP contribution is -2.34. The van der Waals surface area contributed by atoms with Gasteiger partial charge in [-0.15, -0.1) is 10.2 Å². The number of likely N-dealkylation sites (tertiary alicyclic amines) is 1. The molecule has 0 aromatic carbocycles. The van der Waals surface area contributed by atoms with Gasteiger partial charge in [0.1, 0.15) is 5.01 Å². The fraction of sp³-hybridized carbons (Fsp3) is 0.643. The molecule has 1 aliphatic heterocycles. The van der Waals surface area contributed by atoms with E-state index in [9.17, 15) is 0 Å². The maximum absolute atomic E-state index is 5.38. The highest BCUT2D eigenvalue weighted by atomic mass is 32.1. The van der Waals surface area contributed by atoms with Crippen molar-refractivity contribution in [2.24, 2.45) is 0 Å². The first-order chi connectivity index (χ1) is 10.2. The van der Waals surface area contributed by atoms with Crippen molar-refractivity contribution in [2.45, 2.75) is 39.2 Å². The van der Waals surface area contributed by atoms with Crippen LogP contribution in [0.4, 0.5) is 0 Å². The molecule has 0 amide bonds. The molecule has 0 radical (unpaired) electrons. The molecule has 1 saturated heterocycles. The predicted octanol–water partition coefficient (Wildman–Crippen LogP) is 2.35. The second-order valence-electron chi connectivity index (χ2n) is 5.44. The van der Waals surface area contributed by atoms with Crippen molar-refractivity contribution in [3.8, 4) is 5.19 Å². The molecular weight excluding hydrogens is 286 g/mol. The standard InChI is InChI=1S/C14H21N5OS/c1-3-20-14-18-17-13(21-14)9-19-6-4-5-11(8-19)12-7-10(2)15-16-12/h7,11H,3-6,8-9H2,1-2H3,(H,15,16). The van der Waals surface area contributed by atoms with Crippen LogP contribution in [0.25, 0.3) is 0 Å². The third-order valence-electron chi connectivity index (χ3n) is 3.72. The van der Waals surface area contributed by atoms with E-state index in [0.717, 1.165) is 30.3 Å². The number of aromatic nitrogens is 4. The lowest BCUT2D eigenvalue weighted by atomic mass is 9.95. The molecule has 1 unspecified atom stereocenters. The van der Waals surface area contributed by atoms with Crippen molar-refractivity contribution >= 4 is 11.3 Å². The van der Waals surface area contributed by atoms with E-state index < -0.39 is 0 Å². The Morgan fingerprint density at radius 3 is 3.14 bits per heavy atom. The van der Waals surface area contributed by atoms with Crippen LogP contribution in [0.1, 0.15) is 42.1 Å². The molecule has 0 aliphatic carbocycles. The van der Waals surface area contributed by atoms with Crippen molar-refractivity contribution in [1.29, 1.82) is 0 Å².